The van der Waals surface area contributed by atoms with Crippen LogP contribution in [0.25, 0.3) is 5.57 Å². The molecule has 2 aliphatic heterocycles. The molecule has 0 amide bonds. The van der Waals surface area contributed by atoms with E-state index in [1.807, 2.05) is 39.0 Å². The Morgan fingerprint density at radius 1 is 1.08 bits per heavy atom. The predicted molar refractivity (Wildman–Crippen MR) is 104 cm³/mol. The molecule has 2 nitrogen and oxygen atoms in total. The first-order valence-corrected chi connectivity index (χ1v) is 8.35. The molecule has 0 aliphatic carbocycles. The van der Waals surface area contributed by atoms with Gasteiger partial charge >= 0.3 is 0 Å². The summed E-state index contributed by atoms with van der Waals surface area (Å²) >= 11 is 0. The van der Waals surface area contributed by atoms with Crippen LogP contribution < -0.4 is 5.46 Å². The van der Waals surface area contributed by atoms with E-state index in [0.717, 1.165) is 27.9 Å². The highest BCUT2D eigenvalue weighted by Gasteiger charge is 2.24. The zero-order valence-corrected chi connectivity index (χ0v) is 14.5. The molecular weight excluding hydrogens is 329 g/mol. The van der Waals surface area contributed by atoms with Crippen molar-refractivity contribution < 1.29 is 8.78 Å². The monoisotopic (exact) mass is 344 g/mol. The lowest BCUT2D eigenvalue weighted by atomic mass is 9.86. The molecule has 0 atom stereocenters. The van der Waals surface area contributed by atoms with Crippen molar-refractivity contribution in [3.05, 3.63) is 87.8 Å². The van der Waals surface area contributed by atoms with Crippen LogP contribution in [0.3, 0.4) is 0 Å². The Kier molecular flexibility index (Phi) is 4.02. The molecule has 0 fully saturated rings. The number of benzene rings is 2. The summed E-state index contributed by atoms with van der Waals surface area (Å²) in [6, 6.07) is 9.74. The molecule has 2 aromatic rings. The molecule has 2 heterocycles. The molecule has 0 N–H and O–H groups in total. The Morgan fingerprint density at radius 3 is 2.62 bits per heavy atom. The van der Waals surface area contributed by atoms with Crippen molar-refractivity contribution in [1.29, 1.82) is 0 Å². The highest BCUT2D eigenvalue weighted by Crippen LogP contribution is 2.30. The molecule has 0 bridgehead atoms. The number of fused-ring (bicyclic) bond motifs is 2. The zero-order chi connectivity index (χ0) is 18.3. The van der Waals surface area contributed by atoms with Gasteiger partial charge < -0.3 is 0 Å². The van der Waals surface area contributed by atoms with Gasteiger partial charge in [0, 0.05) is 17.4 Å². The molecule has 0 unspecified atom stereocenters. The van der Waals surface area contributed by atoms with Crippen molar-refractivity contribution in [3.8, 4) is 0 Å². The van der Waals surface area contributed by atoms with Gasteiger partial charge in [-0.3, -0.25) is 9.98 Å². The van der Waals surface area contributed by atoms with Gasteiger partial charge in [0.05, 0.1) is 23.5 Å². The third-order valence-electron chi connectivity index (χ3n) is 4.51. The second-order valence-corrected chi connectivity index (χ2v) is 6.38. The van der Waals surface area contributed by atoms with E-state index in [4.69, 9.17) is 0 Å². The Labute approximate surface area is 151 Å². The summed E-state index contributed by atoms with van der Waals surface area (Å²) in [6.07, 6.45) is 3.64. The number of hydrogen-bond donors (Lipinski definition) is 0. The Hall–Kier alpha value is -3.04. The van der Waals surface area contributed by atoms with E-state index in [1.54, 1.807) is 6.21 Å². The van der Waals surface area contributed by atoms with Crippen LogP contribution in [0.5, 0.6) is 0 Å². The fourth-order valence-electron chi connectivity index (χ4n) is 3.20. The van der Waals surface area contributed by atoms with E-state index in [-0.39, 0.29) is 5.56 Å². The van der Waals surface area contributed by atoms with Crippen molar-refractivity contribution in [2.75, 3.05) is 6.54 Å². The van der Waals surface area contributed by atoms with Gasteiger partial charge in [-0.25, -0.2) is 8.78 Å². The predicted octanol–water partition coefficient (Wildman–Crippen LogP) is 2.97. The van der Waals surface area contributed by atoms with Gasteiger partial charge in [0.2, 0.25) is 0 Å². The summed E-state index contributed by atoms with van der Waals surface area (Å²) in [5.41, 5.74) is 8.55. The van der Waals surface area contributed by atoms with Gasteiger partial charge in [-0.05, 0) is 36.3 Å². The van der Waals surface area contributed by atoms with Crippen LogP contribution in [0.15, 0.2) is 69.5 Å². The number of nitrogens with zero attached hydrogens (tertiary/aromatic N) is 2. The maximum Gasteiger partial charge on any atom is 0.139 e. The molecule has 4 rings (SSSR count). The van der Waals surface area contributed by atoms with Gasteiger partial charge in [0.25, 0.3) is 0 Å². The Morgan fingerprint density at radius 2 is 1.85 bits per heavy atom. The lowest BCUT2D eigenvalue weighted by Crippen LogP contribution is -2.14. The summed E-state index contributed by atoms with van der Waals surface area (Å²) < 4.78 is 28.9. The minimum absolute atomic E-state index is 0.0929. The average Bonchev–Trinajstić information content (AvgIpc) is 2.87. The summed E-state index contributed by atoms with van der Waals surface area (Å²) in [5, 5.41) is 0. The number of hydrogen-bond acceptors (Lipinski definition) is 2. The van der Waals surface area contributed by atoms with E-state index < -0.39 is 11.6 Å². The van der Waals surface area contributed by atoms with Crippen molar-refractivity contribution in [1.82, 2.24) is 0 Å². The van der Waals surface area contributed by atoms with E-state index >= 15 is 0 Å². The largest absolute Gasteiger partial charge is 0.279 e. The number of allylic oxidation sites excluding steroid dienone is 2. The average molecular weight is 344 g/mol. The molecule has 0 spiro atoms. The normalized spacial score (nSPS) is 15.7. The zero-order valence-electron chi connectivity index (χ0n) is 14.5. The molecule has 0 aromatic heterocycles. The molecule has 26 heavy (non-hydrogen) atoms. The minimum atomic E-state index is -0.617. The van der Waals surface area contributed by atoms with E-state index in [9.17, 15) is 8.78 Å². The van der Waals surface area contributed by atoms with Gasteiger partial charge in [-0.1, -0.05) is 35.5 Å². The van der Waals surface area contributed by atoms with E-state index in [0.29, 0.717) is 17.8 Å². The van der Waals surface area contributed by atoms with Crippen molar-refractivity contribution >= 4 is 30.8 Å². The van der Waals surface area contributed by atoms with Crippen LogP contribution in [0.1, 0.15) is 23.6 Å². The van der Waals surface area contributed by atoms with E-state index in [2.05, 4.69) is 15.7 Å². The molecule has 126 valence electrons. The third kappa shape index (κ3) is 2.77. The Balaban J connectivity index is 2.02. The molecule has 0 radical (unpaired) electrons. The first kappa shape index (κ1) is 16.4. The fraction of sp³-hybridized carbons (Fsp3) is 0.0952. The van der Waals surface area contributed by atoms with Crippen LogP contribution >= 0.6 is 0 Å². The number of halogens is 2. The third-order valence-corrected chi connectivity index (χ3v) is 4.51. The second kappa shape index (κ2) is 6.36. The van der Waals surface area contributed by atoms with Gasteiger partial charge in [-0.15, -0.1) is 0 Å². The fourth-order valence-corrected chi connectivity index (χ4v) is 3.20. The van der Waals surface area contributed by atoms with Crippen molar-refractivity contribution in [2.45, 2.75) is 6.92 Å². The summed E-state index contributed by atoms with van der Waals surface area (Å²) in [7, 11) is 1.95. The van der Waals surface area contributed by atoms with Gasteiger partial charge in [0.1, 0.15) is 19.5 Å². The summed E-state index contributed by atoms with van der Waals surface area (Å²) in [6.45, 7) is 2.17. The maximum absolute atomic E-state index is 14.5. The maximum atomic E-state index is 14.5. The molecule has 2 aromatic carbocycles. The van der Waals surface area contributed by atoms with Gasteiger partial charge in [0.15, 0.2) is 0 Å². The first-order chi connectivity index (χ1) is 12.5. The number of aliphatic imine (C=N–C) groups is 2. The van der Waals surface area contributed by atoms with Crippen LogP contribution in [0.2, 0.25) is 0 Å². The van der Waals surface area contributed by atoms with Gasteiger partial charge in [-0.2, -0.15) is 0 Å². The highest BCUT2D eigenvalue weighted by atomic mass is 19.1. The number of rotatable bonds is 1. The van der Waals surface area contributed by atoms with Crippen molar-refractivity contribution in [3.63, 3.8) is 0 Å². The minimum Gasteiger partial charge on any atom is -0.279 e. The molecule has 5 heteroatoms. The van der Waals surface area contributed by atoms with Crippen LogP contribution in [0.4, 0.5) is 8.78 Å². The van der Waals surface area contributed by atoms with Crippen LogP contribution in [-0.4, -0.2) is 26.3 Å². The molecular formula is C21H15BF2N2. The highest BCUT2D eigenvalue weighted by molar-refractivity contribution is 6.33. The topological polar surface area (TPSA) is 24.7 Å². The standard InChI is InChI=1S/C21H15BF2N2/c1-12-5-7-15-13(10-25-12)11-26-21(17-9-14(22)6-8-16(15)17)20-18(23)3-2-4-19(20)24/h2-4,6-10H,11,22H2,1H3. The molecule has 0 saturated carbocycles. The molecule has 2 aliphatic rings. The van der Waals surface area contributed by atoms with Crippen molar-refractivity contribution in [2.24, 2.45) is 9.98 Å². The lowest BCUT2D eigenvalue weighted by molar-refractivity contribution is 0.579. The van der Waals surface area contributed by atoms with Crippen LogP contribution in [-0.2, 0) is 0 Å². The summed E-state index contributed by atoms with van der Waals surface area (Å²) in [5.74, 6) is -1.23. The van der Waals surface area contributed by atoms with E-state index in [1.165, 1.54) is 18.2 Å². The second-order valence-electron chi connectivity index (χ2n) is 6.38. The van der Waals surface area contributed by atoms with Crippen LogP contribution in [0, 0.1) is 11.6 Å². The smallest absolute Gasteiger partial charge is 0.139 e. The Bertz CT molecular complexity index is 1070. The first-order valence-electron chi connectivity index (χ1n) is 8.35. The lowest BCUT2D eigenvalue weighted by Gasteiger charge is -2.13. The SMILES string of the molecule is Bc1ccc2c(c1)C(c1c(F)cccc1F)=NCC1=C2C=C=C(C)N=C1. The molecule has 0 saturated heterocycles. The quantitative estimate of drug-likeness (QED) is 0.561. The summed E-state index contributed by atoms with van der Waals surface area (Å²) in [4.78, 5) is 8.93.